The van der Waals surface area contributed by atoms with Gasteiger partial charge in [-0.25, -0.2) is 4.79 Å². The van der Waals surface area contributed by atoms with Gasteiger partial charge in [0.1, 0.15) is 45.4 Å². The van der Waals surface area contributed by atoms with Crippen molar-refractivity contribution in [2.24, 2.45) is 17.2 Å². The van der Waals surface area contributed by atoms with E-state index in [9.17, 15) is 43.5 Å². The molecule has 4 aliphatic carbocycles. The zero-order valence-corrected chi connectivity index (χ0v) is 84.2. The summed E-state index contributed by atoms with van der Waals surface area (Å²) in [6.07, 6.45) is 9.48. The SMILES string of the molecule is CCOC(=O)Cc1ccccc1N.CCOC(=O)Cc1ccccc1NC(=O)c1cc(-c2cccc(CN)c2)c2oc(C3CC3)cc2c1.CCOC(=O)Cc1ccccc1NC(=O)c1cc(I)c2oc(C3CC3)cc2c1.Cl.NCc1cccc(-c2cc(C(=O)Nc3ccccc3CC(=O)O)cc3cc(C4CC4)oc23)c1.NCc1cccc(B(O)O)c1.O=C(O)c1cc(I)c2oc(C3CC3)cc2c1.[Na+].[OH-]. The fourth-order valence-corrected chi connectivity index (χ4v) is 16.9. The smallest absolute Gasteiger partial charge is 0.870 e. The number of esters is 3. The number of carboxylic acid groups (broad SMARTS) is 2. The molecule has 4 heterocycles. The second-order valence-corrected chi connectivity index (χ2v) is 35.6. The van der Waals surface area contributed by atoms with Crippen LogP contribution in [0.4, 0.5) is 22.7 Å². The van der Waals surface area contributed by atoms with Crippen molar-refractivity contribution in [2.45, 2.75) is 141 Å². The molecule has 0 spiro atoms. The van der Waals surface area contributed by atoms with E-state index in [1.54, 1.807) is 93.6 Å². The number of carboxylic acids is 2. The molecule has 19 rings (SSSR count). The fourth-order valence-electron chi connectivity index (χ4n) is 15.4. The van der Waals surface area contributed by atoms with Gasteiger partial charge in [-0.05, 0) is 282 Å². The summed E-state index contributed by atoms with van der Waals surface area (Å²) in [6, 6.07) is 74.0. The molecule has 0 radical (unpaired) electrons. The molecule has 0 aliphatic heterocycles. The Hall–Kier alpha value is -12.3. The minimum Gasteiger partial charge on any atom is -0.870 e. The number of furan rings is 4. The molecule has 0 bridgehead atoms. The number of ether oxygens (including phenoxy) is 3. The molecular formula is C107H106BClI2N7NaO20. The third-order valence-corrected chi connectivity index (χ3v) is 24.6. The summed E-state index contributed by atoms with van der Waals surface area (Å²) in [5.41, 5.74) is 39.9. The van der Waals surface area contributed by atoms with Gasteiger partial charge in [-0.1, -0.05) is 133 Å². The number of aliphatic carboxylic acids is 1. The first-order valence-electron chi connectivity index (χ1n) is 45.0. The molecule has 27 nitrogen and oxygen atoms in total. The van der Waals surface area contributed by atoms with Gasteiger partial charge in [-0.2, -0.15) is 0 Å². The van der Waals surface area contributed by atoms with Gasteiger partial charge in [0, 0.05) is 115 Å². The second kappa shape index (κ2) is 50.5. The topological polar surface area (TPSA) is 468 Å². The molecule has 4 aromatic heterocycles. The number of hydrogen-bond acceptors (Lipinski definition) is 22. The van der Waals surface area contributed by atoms with E-state index in [4.69, 9.17) is 70.0 Å². The van der Waals surface area contributed by atoms with E-state index in [0.717, 1.165) is 150 Å². The van der Waals surface area contributed by atoms with Crippen LogP contribution in [-0.2, 0) is 78.7 Å². The Balaban J connectivity index is 0.000000166. The Morgan fingerprint density at radius 3 is 1.04 bits per heavy atom. The first-order valence-corrected chi connectivity index (χ1v) is 47.2. The molecule has 714 valence electrons. The van der Waals surface area contributed by atoms with Crippen LogP contribution in [-0.4, -0.2) is 100 Å². The van der Waals surface area contributed by atoms with Crippen molar-refractivity contribution >= 4 is 184 Å². The van der Waals surface area contributed by atoms with Gasteiger partial charge >= 0.3 is 66.5 Å². The van der Waals surface area contributed by atoms with Gasteiger partial charge in [-0.15, -0.1) is 12.4 Å². The van der Waals surface area contributed by atoms with Gasteiger partial charge in [0.15, 0.2) is 0 Å². The predicted octanol–water partition coefficient (Wildman–Crippen LogP) is 17.4. The molecule has 0 unspecified atom stereocenters. The van der Waals surface area contributed by atoms with Crippen molar-refractivity contribution in [2.75, 3.05) is 41.5 Å². The average molecular weight is 2130 g/mol. The first-order chi connectivity index (χ1) is 65.7. The molecule has 11 aromatic carbocycles. The van der Waals surface area contributed by atoms with Crippen molar-refractivity contribution in [3.8, 4) is 22.3 Å². The van der Waals surface area contributed by atoms with Crippen molar-refractivity contribution in [1.29, 1.82) is 0 Å². The Morgan fingerprint density at radius 1 is 0.381 bits per heavy atom. The van der Waals surface area contributed by atoms with Crippen LogP contribution >= 0.6 is 57.6 Å². The molecule has 16 N–H and O–H groups in total. The van der Waals surface area contributed by atoms with E-state index in [1.807, 2.05) is 164 Å². The summed E-state index contributed by atoms with van der Waals surface area (Å²) in [4.78, 5) is 96.6. The molecule has 0 saturated heterocycles. The molecule has 32 heteroatoms. The van der Waals surface area contributed by atoms with Gasteiger partial charge in [0.05, 0.1) is 58.2 Å². The third-order valence-electron chi connectivity index (χ3n) is 22.9. The van der Waals surface area contributed by atoms with Crippen molar-refractivity contribution in [3.05, 3.63) is 334 Å². The Bertz CT molecular complexity index is 6920. The summed E-state index contributed by atoms with van der Waals surface area (Å²) >= 11 is 4.32. The van der Waals surface area contributed by atoms with Crippen LogP contribution in [0.2, 0.25) is 0 Å². The van der Waals surface area contributed by atoms with Crippen molar-refractivity contribution in [1.82, 2.24) is 0 Å². The van der Waals surface area contributed by atoms with Crippen LogP contribution in [0.15, 0.2) is 260 Å². The minimum atomic E-state index is -1.40. The largest absolute Gasteiger partial charge is 1.00 e. The molecule has 15 aromatic rings. The average Bonchev–Trinajstić information content (AvgIpc) is 1.63. The van der Waals surface area contributed by atoms with Crippen LogP contribution in [0.5, 0.6) is 0 Å². The normalized spacial score (nSPS) is 12.6. The molecule has 139 heavy (non-hydrogen) atoms. The summed E-state index contributed by atoms with van der Waals surface area (Å²) < 4.78 is 40.9. The number of para-hydroxylation sites is 4. The van der Waals surface area contributed by atoms with Crippen molar-refractivity contribution < 1.29 is 126 Å². The number of carbonyl (C=O) groups is 8. The van der Waals surface area contributed by atoms with Crippen LogP contribution < -0.4 is 73.9 Å². The molecule has 3 amide bonds. The first kappa shape index (κ1) is 107. The van der Waals surface area contributed by atoms with Crippen LogP contribution in [0, 0.1) is 7.14 Å². The summed E-state index contributed by atoms with van der Waals surface area (Å²) in [7, 11) is -1.40. The number of halogens is 3. The number of carbonyl (C=O) groups excluding carboxylic acids is 6. The number of rotatable bonds is 28. The second-order valence-electron chi connectivity index (χ2n) is 33.3. The molecule has 4 saturated carbocycles. The third kappa shape index (κ3) is 29.2. The monoisotopic (exact) mass is 2130 g/mol. The zero-order chi connectivity index (χ0) is 96.2. The number of fused-ring (bicyclic) bond motifs is 4. The molecular weight excluding hydrogens is 2030 g/mol. The number of aromatic carboxylic acids is 1. The van der Waals surface area contributed by atoms with Crippen LogP contribution in [0.3, 0.4) is 0 Å². The maximum absolute atomic E-state index is 13.4. The number of hydrogen-bond donors (Lipinski definition) is 11. The van der Waals surface area contributed by atoms with E-state index in [2.05, 4.69) is 67.2 Å². The number of benzene rings is 11. The number of nitrogen functional groups attached to an aromatic ring is 1. The van der Waals surface area contributed by atoms with E-state index in [1.165, 1.54) is 25.7 Å². The molecule has 4 fully saturated rings. The molecule has 4 aliphatic rings. The standard InChI is InChI=1S/C29H28N2O4.C27H24N2O4.C22H20INO4.C12H9IO3.C10H13NO2.C7H10BNO2.ClH.Na.H2O/c1-2-34-27(32)16-21-7-3-4-9-25(21)31-29(33)23-13-22-15-26(19-10-11-19)35-28(22)24(14-23)20-8-5-6-18(12-20)17-30;28-15-16-4-3-6-18(10-16)22-12-21(11-20-13-24(17-8-9-17)33-26(20)22)27(32)29-23-7-2-1-5-19(23)14-25(30)31;1-2-27-20(25)12-14-5-3-4-6-18(14)24-22(26)16-9-15-11-19(13-7-8-13)28-21(15)17(23)10-16;13-9-4-8(12(14)15)3-7-5-10(6-1-2-6)16-11(7)9;1-2-13-10(12)7-8-5-3-4-6-9(8)11;9-5-6-2-1-3-7(4-6)8(10)11;;;/h3-9,12-15,19H,2,10-11,16-17,30H2,1H3,(H,31,33);1-7,10-13,17H,8-9,14-15,28H2,(H,29,32)(H,30,31);3-6,9-11,13H,2,7-8,12H2,1H3,(H,24,26);3-6H,1-2H2,(H,14,15);3-6H,2,7,11H2,1H3;1-4,10-11H,5,9H2;1H;;1H2/q;;;;;;;+1;/p-1. The Morgan fingerprint density at radius 2 is 0.691 bits per heavy atom. The van der Waals surface area contributed by atoms with Crippen LogP contribution in [0.1, 0.15) is 199 Å². The quantitative estimate of drug-likeness (QED) is 0.00713. The minimum absolute atomic E-state index is 0. The maximum Gasteiger partial charge on any atom is 1.00 e. The molecule has 0 atom stereocenters. The summed E-state index contributed by atoms with van der Waals surface area (Å²) in [5, 5.41) is 48.1. The summed E-state index contributed by atoms with van der Waals surface area (Å²) in [5.74, 6) is 2.39. The van der Waals surface area contributed by atoms with E-state index in [-0.39, 0.29) is 109 Å². The van der Waals surface area contributed by atoms with Gasteiger partial charge < -0.3 is 96.5 Å². The maximum atomic E-state index is 13.4. The Labute approximate surface area is 858 Å². The van der Waals surface area contributed by atoms with Crippen molar-refractivity contribution in [3.63, 3.8) is 0 Å². The summed E-state index contributed by atoms with van der Waals surface area (Å²) in [6.45, 7) is 7.65. The van der Waals surface area contributed by atoms with Gasteiger partial charge in [0.25, 0.3) is 17.7 Å². The fraction of sp³-hybridized carbons (Fsp3) is 0.234. The van der Waals surface area contributed by atoms with E-state index in [0.29, 0.717) is 125 Å². The van der Waals surface area contributed by atoms with Gasteiger partial charge in [-0.3, -0.25) is 33.6 Å². The van der Waals surface area contributed by atoms with E-state index < -0.39 is 19.1 Å². The van der Waals surface area contributed by atoms with Gasteiger partial charge in [0.2, 0.25) is 0 Å². The Kier molecular flexibility index (Phi) is 38.9. The number of amides is 3. The van der Waals surface area contributed by atoms with E-state index >= 15 is 0 Å². The predicted molar refractivity (Wildman–Crippen MR) is 552 cm³/mol. The number of anilines is 4. The number of nitrogens with one attached hydrogen (secondary N) is 3. The zero-order valence-electron chi connectivity index (χ0n) is 77.0. The van der Waals surface area contributed by atoms with Crippen LogP contribution in [0.25, 0.3) is 66.1 Å². The number of nitrogens with two attached hydrogens (primary N) is 4.